The molecule has 114 valence electrons. The van der Waals surface area contributed by atoms with Crippen LogP contribution in [0.2, 0.25) is 0 Å². The number of hydrogen-bond donors (Lipinski definition) is 0. The first-order chi connectivity index (χ1) is 10.6. The Morgan fingerprint density at radius 2 is 2.18 bits per heavy atom. The van der Waals surface area contributed by atoms with E-state index in [2.05, 4.69) is 35.7 Å². The summed E-state index contributed by atoms with van der Waals surface area (Å²) in [6.45, 7) is 2.20. The Hall–Kier alpha value is -2.07. The van der Waals surface area contributed by atoms with Crippen LogP contribution in [0.15, 0.2) is 27.7 Å². The number of halogens is 1. The molecule has 0 aliphatic rings. The highest BCUT2D eigenvalue weighted by Gasteiger charge is 2.14. The second kappa shape index (κ2) is 5.97. The minimum absolute atomic E-state index is 0.257. The van der Waals surface area contributed by atoms with Gasteiger partial charge in [-0.15, -0.1) is 0 Å². The van der Waals surface area contributed by atoms with Gasteiger partial charge in [0.05, 0.1) is 5.69 Å². The summed E-state index contributed by atoms with van der Waals surface area (Å²) in [5, 5.41) is 8.06. The van der Waals surface area contributed by atoms with E-state index >= 15 is 0 Å². The van der Waals surface area contributed by atoms with Gasteiger partial charge in [-0.3, -0.25) is 0 Å². The standard InChI is InChI=1S/C12H11BrN6O2S/c1-7-4-3-5-9(19-12(20)18(2)16-17-19)8(7)6-21-11-14-10(13)15-22-11/h3-5H,6H2,1-2H3. The summed E-state index contributed by atoms with van der Waals surface area (Å²) >= 11 is 4.33. The van der Waals surface area contributed by atoms with E-state index < -0.39 is 0 Å². The van der Waals surface area contributed by atoms with Crippen LogP contribution < -0.4 is 10.4 Å². The molecule has 2 aromatic heterocycles. The maximum absolute atomic E-state index is 12.0. The summed E-state index contributed by atoms with van der Waals surface area (Å²) in [5.74, 6) is 0. The molecule has 0 fully saturated rings. The van der Waals surface area contributed by atoms with Crippen LogP contribution in [0.4, 0.5) is 0 Å². The quantitative estimate of drug-likeness (QED) is 0.678. The molecule has 22 heavy (non-hydrogen) atoms. The average Bonchev–Trinajstić information content (AvgIpc) is 3.05. The highest BCUT2D eigenvalue weighted by atomic mass is 79.9. The molecule has 1 aromatic carbocycles. The van der Waals surface area contributed by atoms with Gasteiger partial charge in [-0.05, 0) is 44.9 Å². The van der Waals surface area contributed by atoms with Crippen molar-refractivity contribution in [3.63, 3.8) is 0 Å². The Morgan fingerprint density at radius 3 is 2.82 bits per heavy atom. The number of hydrogen-bond acceptors (Lipinski definition) is 7. The number of benzene rings is 1. The minimum atomic E-state index is -0.314. The van der Waals surface area contributed by atoms with Gasteiger partial charge in [0, 0.05) is 24.1 Å². The van der Waals surface area contributed by atoms with E-state index in [1.807, 2.05) is 19.1 Å². The van der Waals surface area contributed by atoms with Crippen molar-refractivity contribution in [3.05, 3.63) is 44.5 Å². The van der Waals surface area contributed by atoms with Crippen LogP contribution >= 0.6 is 27.5 Å². The lowest BCUT2D eigenvalue weighted by Gasteiger charge is -2.11. The minimum Gasteiger partial charge on any atom is -0.464 e. The first kappa shape index (κ1) is 14.9. The highest BCUT2D eigenvalue weighted by molar-refractivity contribution is 9.10. The highest BCUT2D eigenvalue weighted by Crippen LogP contribution is 2.22. The fraction of sp³-hybridized carbons (Fsp3) is 0.250. The van der Waals surface area contributed by atoms with Crippen molar-refractivity contribution in [2.75, 3.05) is 0 Å². The smallest absolute Gasteiger partial charge is 0.368 e. The summed E-state index contributed by atoms with van der Waals surface area (Å²) in [4.78, 5) is 16.1. The molecule has 10 heteroatoms. The van der Waals surface area contributed by atoms with E-state index in [4.69, 9.17) is 4.74 Å². The summed E-state index contributed by atoms with van der Waals surface area (Å²) in [6.07, 6.45) is 0. The largest absolute Gasteiger partial charge is 0.464 e. The zero-order valence-corrected chi connectivity index (χ0v) is 14.1. The van der Waals surface area contributed by atoms with Gasteiger partial charge in [-0.1, -0.05) is 12.1 Å². The van der Waals surface area contributed by atoms with E-state index in [1.165, 1.54) is 9.36 Å². The van der Waals surface area contributed by atoms with Crippen molar-refractivity contribution in [2.45, 2.75) is 13.5 Å². The van der Waals surface area contributed by atoms with E-state index in [0.717, 1.165) is 22.7 Å². The molecule has 0 aliphatic carbocycles. The number of tetrazole rings is 1. The monoisotopic (exact) mass is 382 g/mol. The molecular weight excluding hydrogens is 372 g/mol. The molecule has 8 nitrogen and oxygen atoms in total. The Bertz CT molecular complexity index is 871. The molecule has 0 radical (unpaired) electrons. The average molecular weight is 383 g/mol. The first-order valence-corrected chi connectivity index (χ1v) is 7.83. The Morgan fingerprint density at radius 1 is 1.36 bits per heavy atom. The molecule has 0 N–H and O–H groups in total. The van der Waals surface area contributed by atoms with Crippen molar-refractivity contribution in [3.8, 4) is 10.9 Å². The fourth-order valence-electron chi connectivity index (χ4n) is 1.92. The SMILES string of the molecule is Cc1cccc(-n2nnn(C)c2=O)c1COc1nc(Br)ns1. The lowest BCUT2D eigenvalue weighted by atomic mass is 10.1. The third-order valence-electron chi connectivity index (χ3n) is 3.06. The lowest BCUT2D eigenvalue weighted by molar-refractivity contribution is 0.302. The lowest BCUT2D eigenvalue weighted by Crippen LogP contribution is -2.23. The molecular formula is C12H11BrN6O2S. The van der Waals surface area contributed by atoms with E-state index in [9.17, 15) is 4.79 Å². The summed E-state index contributed by atoms with van der Waals surface area (Å²) in [5.41, 5.74) is 2.15. The van der Waals surface area contributed by atoms with Gasteiger partial charge in [0.2, 0.25) is 4.73 Å². The van der Waals surface area contributed by atoms with Gasteiger partial charge < -0.3 is 4.74 Å². The van der Waals surface area contributed by atoms with Crippen LogP contribution in [-0.4, -0.2) is 29.1 Å². The summed E-state index contributed by atoms with van der Waals surface area (Å²) in [7, 11) is 1.55. The molecule has 2 heterocycles. The van der Waals surface area contributed by atoms with Gasteiger partial charge in [0.15, 0.2) is 0 Å². The predicted octanol–water partition coefficient (Wildman–Crippen LogP) is 1.47. The molecule has 0 unspecified atom stereocenters. The van der Waals surface area contributed by atoms with Crippen molar-refractivity contribution < 1.29 is 4.74 Å². The number of rotatable bonds is 4. The van der Waals surface area contributed by atoms with Crippen LogP contribution in [0.3, 0.4) is 0 Å². The maximum atomic E-state index is 12.0. The Balaban J connectivity index is 1.96. The van der Waals surface area contributed by atoms with Gasteiger partial charge in [0.25, 0.3) is 5.19 Å². The summed E-state index contributed by atoms with van der Waals surface area (Å²) < 4.78 is 12.6. The normalized spacial score (nSPS) is 10.9. The van der Waals surface area contributed by atoms with Crippen LogP contribution in [0, 0.1) is 6.92 Å². The van der Waals surface area contributed by atoms with E-state index in [1.54, 1.807) is 13.1 Å². The number of aryl methyl sites for hydroxylation is 2. The van der Waals surface area contributed by atoms with Crippen molar-refractivity contribution in [1.82, 2.24) is 29.1 Å². The predicted molar refractivity (Wildman–Crippen MR) is 83.3 cm³/mol. The van der Waals surface area contributed by atoms with Crippen LogP contribution in [0.1, 0.15) is 11.1 Å². The fourth-order valence-corrected chi connectivity index (χ4v) is 2.85. The molecule has 0 saturated heterocycles. The number of nitrogens with zero attached hydrogens (tertiary/aromatic N) is 6. The number of ether oxygens (including phenoxy) is 1. The van der Waals surface area contributed by atoms with Crippen LogP contribution in [0.5, 0.6) is 5.19 Å². The van der Waals surface area contributed by atoms with E-state index in [0.29, 0.717) is 15.6 Å². The second-order valence-electron chi connectivity index (χ2n) is 4.49. The topological polar surface area (TPSA) is 87.7 Å². The molecule has 0 saturated carbocycles. The Kier molecular flexibility index (Phi) is 4.03. The summed E-state index contributed by atoms with van der Waals surface area (Å²) in [6, 6.07) is 5.61. The Labute approximate surface area is 137 Å². The number of aromatic nitrogens is 6. The second-order valence-corrected chi connectivity index (χ2v) is 5.91. The third-order valence-corrected chi connectivity index (χ3v) is 4.28. The van der Waals surface area contributed by atoms with Gasteiger partial charge >= 0.3 is 5.69 Å². The van der Waals surface area contributed by atoms with Crippen molar-refractivity contribution >= 4 is 27.5 Å². The molecule has 0 aliphatic heterocycles. The molecule has 0 atom stereocenters. The molecule has 3 aromatic rings. The first-order valence-electron chi connectivity index (χ1n) is 6.26. The third kappa shape index (κ3) is 2.79. The molecule has 0 bridgehead atoms. The zero-order valence-electron chi connectivity index (χ0n) is 11.7. The molecule has 0 amide bonds. The van der Waals surface area contributed by atoms with Crippen molar-refractivity contribution in [1.29, 1.82) is 0 Å². The van der Waals surface area contributed by atoms with Crippen LogP contribution in [-0.2, 0) is 13.7 Å². The molecule has 0 spiro atoms. The maximum Gasteiger partial charge on any atom is 0.368 e. The molecule has 3 rings (SSSR count). The zero-order chi connectivity index (χ0) is 15.7. The van der Waals surface area contributed by atoms with Crippen LogP contribution in [0.25, 0.3) is 5.69 Å². The van der Waals surface area contributed by atoms with Gasteiger partial charge in [-0.2, -0.15) is 18.7 Å². The van der Waals surface area contributed by atoms with Gasteiger partial charge in [-0.25, -0.2) is 4.79 Å². The van der Waals surface area contributed by atoms with Crippen molar-refractivity contribution in [2.24, 2.45) is 7.05 Å². The van der Waals surface area contributed by atoms with E-state index in [-0.39, 0.29) is 12.3 Å². The van der Waals surface area contributed by atoms with Gasteiger partial charge in [0.1, 0.15) is 6.61 Å².